The highest BCUT2D eigenvalue weighted by molar-refractivity contribution is 5.71. The van der Waals surface area contributed by atoms with Crippen molar-refractivity contribution in [3.05, 3.63) is 48.6 Å². The van der Waals surface area contributed by atoms with Gasteiger partial charge in [0, 0.05) is 19.3 Å². The molecule has 0 saturated heterocycles. The van der Waals surface area contributed by atoms with Crippen molar-refractivity contribution in [2.24, 2.45) is 0 Å². The van der Waals surface area contributed by atoms with E-state index >= 15 is 0 Å². The van der Waals surface area contributed by atoms with Crippen molar-refractivity contribution < 1.29 is 28.6 Å². The Morgan fingerprint density at radius 1 is 0.345 bits per heavy atom. The Kier molecular flexibility index (Phi) is 44.9. The first kappa shape index (κ1) is 55.4. The van der Waals surface area contributed by atoms with Gasteiger partial charge in [0.25, 0.3) is 0 Å². The molecule has 1 atom stereocenters. The highest BCUT2D eigenvalue weighted by Crippen LogP contribution is 2.14. The molecule has 0 N–H and O–H groups in total. The minimum atomic E-state index is -0.777. The van der Waals surface area contributed by atoms with Crippen molar-refractivity contribution in [3.8, 4) is 0 Å². The standard InChI is InChI=1S/C52H92O6/c1-4-7-10-13-16-18-20-22-24-25-26-27-29-30-32-34-36-39-42-45-51(54)57-48-49(47-56-50(53)44-41-38-15-12-9-6-3)58-52(55)46-43-40-37-35-33-31-28-23-21-19-17-14-11-8-5-2/h16-19,22-24,28,49H,4-15,20-21,25-27,29-48H2,1-3H3/b18-16-,19-17-,24-22-,28-23-. The zero-order valence-electron chi connectivity index (χ0n) is 38.3. The molecule has 0 radical (unpaired) electrons. The van der Waals surface area contributed by atoms with Crippen LogP contribution in [0, 0.1) is 0 Å². The van der Waals surface area contributed by atoms with Gasteiger partial charge >= 0.3 is 17.9 Å². The van der Waals surface area contributed by atoms with Crippen LogP contribution in [0.2, 0.25) is 0 Å². The molecule has 6 nitrogen and oxygen atoms in total. The number of carbonyl (C=O) groups is 3. The minimum absolute atomic E-state index is 0.0800. The van der Waals surface area contributed by atoms with E-state index in [-0.39, 0.29) is 31.1 Å². The maximum Gasteiger partial charge on any atom is 0.306 e. The lowest BCUT2D eigenvalue weighted by Gasteiger charge is -2.18. The van der Waals surface area contributed by atoms with Gasteiger partial charge < -0.3 is 14.2 Å². The summed E-state index contributed by atoms with van der Waals surface area (Å²) in [4.78, 5) is 37.7. The molecular weight excluding hydrogens is 721 g/mol. The number of ether oxygens (including phenoxy) is 3. The van der Waals surface area contributed by atoms with Gasteiger partial charge in [-0.15, -0.1) is 0 Å². The third-order valence-corrected chi connectivity index (χ3v) is 10.6. The van der Waals surface area contributed by atoms with Gasteiger partial charge in [0.2, 0.25) is 0 Å². The smallest absolute Gasteiger partial charge is 0.306 e. The molecule has 0 amide bonds. The van der Waals surface area contributed by atoms with E-state index in [0.717, 1.165) is 89.9 Å². The molecule has 58 heavy (non-hydrogen) atoms. The molecule has 0 spiro atoms. The molecule has 0 bridgehead atoms. The Morgan fingerprint density at radius 2 is 0.621 bits per heavy atom. The molecule has 6 heteroatoms. The van der Waals surface area contributed by atoms with Crippen LogP contribution in [-0.4, -0.2) is 37.2 Å². The van der Waals surface area contributed by atoms with Crippen LogP contribution in [-0.2, 0) is 28.6 Å². The first-order valence-electron chi connectivity index (χ1n) is 24.6. The molecule has 0 aliphatic heterocycles. The summed E-state index contributed by atoms with van der Waals surface area (Å²) in [5.74, 6) is -0.905. The quantitative estimate of drug-likeness (QED) is 0.0264. The number of carbonyl (C=O) groups excluding carboxylic acids is 3. The molecule has 0 aromatic rings. The predicted octanol–water partition coefficient (Wildman–Crippen LogP) is 15.9. The van der Waals surface area contributed by atoms with Crippen LogP contribution in [0.4, 0.5) is 0 Å². The van der Waals surface area contributed by atoms with Crippen molar-refractivity contribution in [3.63, 3.8) is 0 Å². The summed E-state index contributed by atoms with van der Waals surface area (Å²) in [5, 5.41) is 0. The molecule has 0 aliphatic carbocycles. The van der Waals surface area contributed by atoms with E-state index < -0.39 is 6.10 Å². The Morgan fingerprint density at radius 3 is 0.983 bits per heavy atom. The number of rotatable bonds is 44. The number of allylic oxidation sites excluding steroid dienone is 8. The second kappa shape index (κ2) is 47.1. The average Bonchev–Trinajstić information content (AvgIpc) is 3.22. The second-order valence-electron chi connectivity index (χ2n) is 16.4. The number of hydrogen-bond acceptors (Lipinski definition) is 6. The third-order valence-electron chi connectivity index (χ3n) is 10.6. The molecular formula is C52H92O6. The molecule has 1 unspecified atom stereocenters. The van der Waals surface area contributed by atoms with Crippen LogP contribution in [0.15, 0.2) is 48.6 Å². The van der Waals surface area contributed by atoms with Gasteiger partial charge in [-0.2, -0.15) is 0 Å². The van der Waals surface area contributed by atoms with E-state index in [1.54, 1.807) is 0 Å². The topological polar surface area (TPSA) is 78.9 Å². The van der Waals surface area contributed by atoms with Crippen LogP contribution in [0.5, 0.6) is 0 Å². The first-order valence-corrected chi connectivity index (χ1v) is 24.6. The average molecular weight is 813 g/mol. The lowest BCUT2D eigenvalue weighted by molar-refractivity contribution is -0.167. The maximum atomic E-state index is 12.7. The van der Waals surface area contributed by atoms with Crippen LogP contribution in [0.3, 0.4) is 0 Å². The summed E-state index contributed by atoms with van der Waals surface area (Å²) in [6.45, 7) is 6.51. The van der Waals surface area contributed by atoms with Crippen molar-refractivity contribution in [2.75, 3.05) is 13.2 Å². The monoisotopic (exact) mass is 813 g/mol. The van der Waals surface area contributed by atoms with E-state index in [1.165, 1.54) is 116 Å². The summed E-state index contributed by atoms with van der Waals surface area (Å²) < 4.78 is 16.7. The van der Waals surface area contributed by atoms with E-state index in [1.807, 2.05) is 0 Å². The van der Waals surface area contributed by atoms with Crippen molar-refractivity contribution in [1.82, 2.24) is 0 Å². The summed E-state index contributed by atoms with van der Waals surface area (Å²) in [6, 6.07) is 0. The minimum Gasteiger partial charge on any atom is -0.462 e. The lowest BCUT2D eigenvalue weighted by Crippen LogP contribution is -2.30. The fraction of sp³-hybridized carbons (Fsp3) is 0.788. The van der Waals surface area contributed by atoms with E-state index in [4.69, 9.17) is 14.2 Å². The van der Waals surface area contributed by atoms with E-state index in [2.05, 4.69) is 69.4 Å². The zero-order valence-corrected chi connectivity index (χ0v) is 38.3. The highest BCUT2D eigenvalue weighted by atomic mass is 16.6. The molecule has 0 aliphatic rings. The number of esters is 3. The molecule has 0 aromatic carbocycles. The summed E-state index contributed by atoms with van der Waals surface area (Å²) in [7, 11) is 0. The summed E-state index contributed by atoms with van der Waals surface area (Å²) in [6.07, 6.45) is 55.4. The van der Waals surface area contributed by atoms with Crippen LogP contribution in [0.1, 0.15) is 245 Å². The van der Waals surface area contributed by atoms with Crippen molar-refractivity contribution in [2.45, 2.75) is 252 Å². The normalized spacial score (nSPS) is 12.4. The van der Waals surface area contributed by atoms with Gasteiger partial charge in [0.05, 0.1) is 0 Å². The summed E-state index contributed by atoms with van der Waals surface area (Å²) in [5.41, 5.74) is 0. The number of hydrogen-bond donors (Lipinski definition) is 0. The van der Waals surface area contributed by atoms with Gasteiger partial charge in [-0.25, -0.2) is 0 Å². The lowest BCUT2D eigenvalue weighted by atomic mass is 10.1. The van der Waals surface area contributed by atoms with Crippen molar-refractivity contribution >= 4 is 17.9 Å². The molecule has 0 heterocycles. The van der Waals surface area contributed by atoms with E-state index in [0.29, 0.717) is 19.3 Å². The first-order chi connectivity index (χ1) is 28.5. The van der Waals surface area contributed by atoms with Gasteiger partial charge in [0.15, 0.2) is 6.10 Å². The molecule has 0 saturated carbocycles. The fourth-order valence-corrected chi connectivity index (χ4v) is 6.80. The Bertz CT molecular complexity index is 1030. The predicted molar refractivity (Wildman–Crippen MR) is 247 cm³/mol. The van der Waals surface area contributed by atoms with Crippen LogP contribution >= 0.6 is 0 Å². The Balaban J connectivity index is 4.24. The molecule has 336 valence electrons. The van der Waals surface area contributed by atoms with Gasteiger partial charge in [0.1, 0.15) is 13.2 Å². The molecule has 0 rings (SSSR count). The maximum absolute atomic E-state index is 12.7. The van der Waals surface area contributed by atoms with E-state index in [9.17, 15) is 14.4 Å². The summed E-state index contributed by atoms with van der Waals surface area (Å²) >= 11 is 0. The number of unbranched alkanes of at least 4 members (excludes halogenated alkanes) is 25. The Labute approximate surface area is 358 Å². The SMILES string of the molecule is CCCCC/C=C\C/C=C\CCCCCCCCCCCC(=O)OCC(COC(=O)CCCCCCCC)OC(=O)CCCCCCC/C=C\C/C=C\CCCCC. The van der Waals surface area contributed by atoms with Gasteiger partial charge in [-0.3, -0.25) is 14.4 Å². The Hall–Kier alpha value is -2.63. The molecule has 0 fully saturated rings. The highest BCUT2D eigenvalue weighted by Gasteiger charge is 2.19. The van der Waals surface area contributed by atoms with Gasteiger partial charge in [-0.05, 0) is 83.5 Å². The fourth-order valence-electron chi connectivity index (χ4n) is 6.80. The van der Waals surface area contributed by atoms with Crippen LogP contribution in [0.25, 0.3) is 0 Å². The zero-order chi connectivity index (χ0) is 42.3. The van der Waals surface area contributed by atoms with Crippen LogP contribution < -0.4 is 0 Å². The van der Waals surface area contributed by atoms with Crippen molar-refractivity contribution in [1.29, 1.82) is 0 Å². The third kappa shape index (κ3) is 44.5. The second-order valence-corrected chi connectivity index (χ2v) is 16.4. The largest absolute Gasteiger partial charge is 0.462 e. The molecule has 0 aromatic heterocycles. The van der Waals surface area contributed by atoms with Gasteiger partial charge in [-0.1, -0.05) is 191 Å².